The third-order valence-electron chi connectivity index (χ3n) is 2.76. The van der Waals surface area contributed by atoms with Gasteiger partial charge >= 0.3 is 0 Å². The Kier molecular flexibility index (Phi) is 7.50. The smallest absolute Gasteiger partial charge is 0.169 e. The van der Waals surface area contributed by atoms with Crippen molar-refractivity contribution in [3.63, 3.8) is 0 Å². The van der Waals surface area contributed by atoms with E-state index in [1.54, 1.807) is 0 Å². The van der Waals surface area contributed by atoms with Crippen LogP contribution in [-0.2, 0) is 9.47 Å². The first kappa shape index (κ1) is 15.6. The summed E-state index contributed by atoms with van der Waals surface area (Å²) >= 11 is 5.34. The Morgan fingerprint density at radius 2 is 2.33 bits per heavy atom. The van der Waals surface area contributed by atoms with Gasteiger partial charge < -0.3 is 24.8 Å². The van der Waals surface area contributed by atoms with Crippen molar-refractivity contribution in [2.75, 3.05) is 39.5 Å². The molecule has 106 valence electrons. The van der Waals surface area contributed by atoms with E-state index in [1.807, 2.05) is 13.8 Å². The molecule has 1 aliphatic heterocycles. The van der Waals surface area contributed by atoms with E-state index in [4.69, 9.17) is 26.8 Å². The summed E-state index contributed by atoms with van der Waals surface area (Å²) in [6, 6.07) is 0. The number of aliphatic hydroxyl groups is 1. The van der Waals surface area contributed by atoms with Crippen LogP contribution in [-0.4, -0.2) is 66.8 Å². The van der Waals surface area contributed by atoms with Crippen LogP contribution >= 0.6 is 12.2 Å². The number of aliphatic hydroxyl groups excluding tert-OH is 1. The van der Waals surface area contributed by atoms with Crippen molar-refractivity contribution in [3.05, 3.63) is 0 Å². The van der Waals surface area contributed by atoms with Crippen LogP contribution < -0.4 is 5.32 Å². The number of ether oxygens (including phenoxy) is 2. The molecule has 1 heterocycles. The maximum Gasteiger partial charge on any atom is 0.169 e. The van der Waals surface area contributed by atoms with Gasteiger partial charge in [0, 0.05) is 32.8 Å². The van der Waals surface area contributed by atoms with Crippen LogP contribution in [0.5, 0.6) is 0 Å². The van der Waals surface area contributed by atoms with Crippen molar-refractivity contribution in [1.82, 2.24) is 10.2 Å². The Balaban J connectivity index is 2.23. The molecule has 0 aromatic carbocycles. The average molecular weight is 276 g/mol. The lowest BCUT2D eigenvalue weighted by atomic mass is 10.2. The van der Waals surface area contributed by atoms with E-state index < -0.39 is 0 Å². The van der Waals surface area contributed by atoms with Gasteiger partial charge in [-0.25, -0.2) is 0 Å². The number of nitrogens with zero attached hydrogens (tertiary/aromatic N) is 1. The standard InChI is InChI=1S/C12H24N2O3S/c1-3-16-6-4-5-13-12(18)14-7-10(2)17-11(8-14)9-15/h10-11,15H,3-9H2,1-2H3,(H,13,18). The molecule has 5 nitrogen and oxygen atoms in total. The SMILES string of the molecule is CCOCCCNC(=S)N1CC(C)OC(CO)C1. The third-order valence-corrected chi connectivity index (χ3v) is 3.17. The summed E-state index contributed by atoms with van der Waals surface area (Å²) in [5.74, 6) is 0. The number of rotatable bonds is 6. The summed E-state index contributed by atoms with van der Waals surface area (Å²) in [7, 11) is 0. The molecule has 0 amide bonds. The second-order valence-electron chi connectivity index (χ2n) is 4.44. The number of morpholine rings is 1. The number of hydrogen-bond acceptors (Lipinski definition) is 4. The van der Waals surface area contributed by atoms with Crippen molar-refractivity contribution < 1.29 is 14.6 Å². The zero-order valence-electron chi connectivity index (χ0n) is 11.2. The molecule has 6 heteroatoms. The number of hydrogen-bond donors (Lipinski definition) is 2. The number of nitrogens with one attached hydrogen (secondary N) is 1. The molecule has 2 N–H and O–H groups in total. The van der Waals surface area contributed by atoms with E-state index in [9.17, 15) is 0 Å². The molecule has 1 aliphatic rings. The molecule has 0 aromatic heterocycles. The van der Waals surface area contributed by atoms with Gasteiger partial charge in [0.2, 0.25) is 0 Å². The maximum atomic E-state index is 9.15. The van der Waals surface area contributed by atoms with E-state index in [0.29, 0.717) is 6.54 Å². The zero-order valence-corrected chi connectivity index (χ0v) is 12.0. The van der Waals surface area contributed by atoms with Gasteiger partial charge in [-0.15, -0.1) is 0 Å². The Labute approximate surface area is 114 Å². The Morgan fingerprint density at radius 3 is 3.00 bits per heavy atom. The highest BCUT2D eigenvalue weighted by Crippen LogP contribution is 2.10. The molecule has 0 saturated carbocycles. The Hall–Kier alpha value is -0.430. The summed E-state index contributed by atoms with van der Waals surface area (Å²) in [5.41, 5.74) is 0. The van der Waals surface area contributed by atoms with E-state index in [1.165, 1.54) is 0 Å². The maximum absolute atomic E-state index is 9.15. The molecule has 1 rings (SSSR count). The normalized spacial score (nSPS) is 24.1. The van der Waals surface area contributed by atoms with Crippen molar-refractivity contribution in [2.24, 2.45) is 0 Å². The van der Waals surface area contributed by atoms with Crippen LogP contribution in [0, 0.1) is 0 Å². The fraction of sp³-hybridized carbons (Fsp3) is 0.917. The quantitative estimate of drug-likeness (QED) is 0.540. The molecular weight excluding hydrogens is 252 g/mol. The lowest BCUT2D eigenvalue weighted by Gasteiger charge is -2.37. The van der Waals surface area contributed by atoms with Crippen LogP contribution in [0.4, 0.5) is 0 Å². The molecule has 0 radical (unpaired) electrons. The van der Waals surface area contributed by atoms with E-state index in [-0.39, 0.29) is 18.8 Å². The van der Waals surface area contributed by atoms with Gasteiger partial charge in [-0.05, 0) is 32.5 Å². The molecule has 0 bridgehead atoms. The van der Waals surface area contributed by atoms with Crippen LogP contribution in [0.25, 0.3) is 0 Å². The van der Waals surface area contributed by atoms with Crippen LogP contribution in [0.15, 0.2) is 0 Å². The molecule has 2 atom stereocenters. The molecule has 18 heavy (non-hydrogen) atoms. The van der Waals surface area contributed by atoms with E-state index in [2.05, 4.69) is 10.2 Å². The first-order valence-corrected chi connectivity index (χ1v) is 6.95. The first-order valence-electron chi connectivity index (χ1n) is 6.54. The highest BCUT2D eigenvalue weighted by molar-refractivity contribution is 7.80. The topological polar surface area (TPSA) is 54.0 Å². The molecule has 1 fully saturated rings. The molecular formula is C12H24N2O3S. The summed E-state index contributed by atoms with van der Waals surface area (Å²) in [6.07, 6.45) is 0.896. The van der Waals surface area contributed by atoms with Crippen LogP contribution in [0.3, 0.4) is 0 Å². The third kappa shape index (κ3) is 5.48. The van der Waals surface area contributed by atoms with Gasteiger partial charge in [0.05, 0.1) is 18.8 Å². The second kappa shape index (κ2) is 8.63. The highest BCUT2D eigenvalue weighted by atomic mass is 32.1. The van der Waals surface area contributed by atoms with Gasteiger partial charge in [0.15, 0.2) is 5.11 Å². The Bertz CT molecular complexity index is 253. The lowest BCUT2D eigenvalue weighted by Crippen LogP contribution is -2.53. The minimum absolute atomic E-state index is 0.0355. The number of thiocarbonyl (C=S) groups is 1. The average Bonchev–Trinajstić information content (AvgIpc) is 2.37. The summed E-state index contributed by atoms with van der Waals surface area (Å²) in [5, 5.41) is 13.1. The predicted octanol–water partition coefficient (Wildman–Crippen LogP) is 0.369. The summed E-state index contributed by atoms with van der Waals surface area (Å²) in [6.45, 7) is 7.76. The van der Waals surface area contributed by atoms with Crippen LogP contribution in [0.2, 0.25) is 0 Å². The van der Waals surface area contributed by atoms with Crippen molar-refractivity contribution >= 4 is 17.3 Å². The van der Waals surface area contributed by atoms with Crippen molar-refractivity contribution in [2.45, 2.75) is 32.5 Å². The van der Waals surface area contributed by atoms with E-state index >= 15 is 0 Å². The highest BCUT2D eigenvalue weighted by Gasteiger charge is 2.25. The zero-order chi connectivity index (χ0) is 13.4. The largest absolute Gasteiger partial charge is 0.394 e. The van der Waals surface area contributed by atoms with Gasteiger partial charge in [-0.3, -0.25) is 0 Å². The second-order valence-corrected chi connectivity index (χ2v) is 4.83. The van der Waals surface area contributed by atoms with Gasteiger partial charge in [0.1, 0.15) is 0 Å². The van der Waals surface area contributed by atoms with Gasteiger partial charge in [-0.1, -0.05) is 0 Å². The van der Waals surface area contributed by atoms with Crippen LogP contribution in [0.1, 0.15) is 20.3 Å². The van der Waals surface area contributed by atoms with Gasteiger partial charge in [0.25, 0.3) is 0 Å². The minimum Gasteiger partial charge on any atom is -0.394 e. The molecule has 1 saturated heterocycles. The van der Waals surface area contributed by atoms with Crippen molar-refractivity contribution in [3.8, 4) is 0 Å². The molecule has 2 unspecified atom stereocenters. The summed E-state index contributed by atoms with van der Waals surface area (Å²) < 4.78 is 10.8. The molecule has 0 aromatic rings. The molecule has 0 spiro atoms. The Morgan fingerprint density at radius 1 is 1.56 bits per heavy atom. The van der Waals surface area contributed by atoms with E-state index in [0.717, 1.165) is 37.8 Å². The lowest BCUT2D eigenvalue weighted by molar-refractivity contribution is -0.0785. The molecule has 0 aliphatic carbocycles. The fourth-order valence-corrected chi connectivity index (χ4v) is 2.19. The first-order chi connectivity index (χ1) is 8.67. The van der Waals surface area contributed by atoms with Gasteiger partial charge in [-0.2, -0.15) is 0 Å². The fourth-order valence-electron chi connectivity index (χ4n) is 1.94. The predicted molar refractivity (Wildman–Crippen MR) is 74.7 cm³/mol. The minimum atomic E-state index is -0.142. The summed E-state index contributed by atoms with van der Waals surface area (Å²) in [4.78, 5) is 2.06. The van der Waals surface area contributed by atoms with Crippen molar-refractivity contribution in [1.29, 1.82) is 0 Å². The monoisotopic (exact) mass is 276 g/mol.